The van der Waals surface area contributed by atoms with Gasteiger partial charge in [-0.25, -0.2) is 4.39 Å². The molecular formula is C12H11BrFN3O. The molecule has 94 valence electrons. The average molecular weight is 312 g/mol. The van der Waals surface area contributed by atoms with Crippen molar-refractivity contribution in [3.63, 3.8) is 0 Å². The van der Waals surface area contributed by atoms with Gasteiger partial charge in [-0.3, -0.25) is 9.89 Å². The normalized spacial score (nSPS) is 12.2. The van der Waals surface area contributed by atoms with Crippen molar-refractivity contribution in [3.8, 4) is 0 Å². The molecule has 0 aliphatic carbocycles. The van der Waals surface area contributed by atoms with Gasteiger partial charge in [-0.2, -0.15) is 5.10 Å². The van der Waals surface area contributed by atoms with E-state index in [2.05, 4.69) is 31.4 Å². The Hall–Kier alpha value is -1.69. The Kier molecular flexibility index (Phi) is 3.76. The van der Waals surface area contributed by atoms with Crippen LogP contribution in [-0.4, -0.2) is 16.1 Å². The molecule has 1 amide bonds. The Bertz CT molecular complexity index is 556. The van der Waals surface area contributed by atoms with Crippen molar-refractivity contribution in [2.24, 2.45) is 0 Å². The predicted octanol–water partition coefficient (Wildman–Crippen LogP) is 2.80. The molecule has 1 heterocycles. The number of nitrogens with one attached hydrogen (secondary N) is 2. The smallest absolute Gasteiger partial charge is 0.254 e. The summed E-state index contributed by atoms with van der Waals surface area (Å²) in [5.41, 5.74) is 0.856. The van der Waals surface area contributed by atoms with Crippen LogP contribution < -0.4 is 5.32 Å². The monoisotopic (exact) mass is 311 g/mol. The molecule has 0 saturated carbocycles. The molecular weight excluding hydrogens is 301 g/mol. The lowest BCUT2D eigenvalue weighted by atomic mass is 10.1. The van der Waals surface area contributed by atoms with Gasteiger partial charge >= 0.3 is 0 Å². The molecule has 2 rings (SSSR count). The first-order chi connectivity index (χ1) is 8.58. The second-order valence-electron chi connectivity index (χ2n) is 3.85. The van der Waals surface area contributed by atoms with Crippen molar-refractivity contribution in [1.29, 1.82) is 0 Å². The first kappa shape index (κ1) is 12.8. The van der Waals surface area contributed by atoms with Crippen LogP contribution >= 0.6 is 15.9 Å². The maximum atomic E-state index is 13.6. The van der Waals surface area contributed by atoms with Crippen molar-refractivity contribution >= 4 is 21.8 Å². The highest BCUT2D eigenvalue weighted by atomic mass is 79.9. The van der Waals surface area contributed by atoms with Crippen molar-refractivity contribution in [1.82, 2.24) is 15.5 Å². The number of hydrogen-bond donors (Lipinski definition) is 2. The van der Waals surface area contributed by atoms with Crippen LogP contribution in [0.1, 0.15) is 28.9 Å². The number of halogens is 2. The molecule has 0 radical (unpaired) electrons. The number of benzene rings is 1. The van der Waals surface area contributed by atoms with Gasteiger partial charge in [-0.1, -0.05) is 15.9 Å². The van der Waals surface area contributed by atoms with E-state index in [1.165, 1.54) is 12.1 Å². The minimum atomic E-state index is -0.554. The first-order valence-corrected chi connectivity index (χ1v) is 6.12. The lowest BCUT2D eigenvalue weighted by molar-refractivity contribution is 0.0936. The quantitative estimate of drug-likeness (QED) is 0.915. The topological polar surface area (TPSA) is 57.8 Å². The average Bonchev–Trinajstić information content (AvgIpc) is 2.81. The molecule has 18 heavy (non-hydrogen) atoms. The summed E-state index contributed by atoms with van der Waals surface area (Å²) in [6, 6.07) is 4.09. The van der Waals surface area contributed by atoms with E-state index in [0.717, 1.165) is 5.56 Å². The Morgan fingerprint density at radius 1 is 1.56 bits per heavy atom. The van der Waals surface area contributed by atoms with Gasteiger partial charge in [0.1, 0.15) is 5.82 Å². The van der Waals surface area contributed by atoms with E-state index < -0.39 is 11.7 Å². The SMILES string of the molecule is CC(NC(=O)c1ccc(Br)cc1F)c1cn[nH]c1. The Balaban J connectivity index is 2.12. The zero-order valence-corrected chi connectivity index (χ0v) is 11.2. The number of aromatic amines is 1. The summed E-state index contributed by atoms with van der Waals surface area (Å²) >= 11 is 3.14. The van der Waals surface area contributed by atoms with E-state index in [-0.39, 0.29) is 11.6 Å². The van der Waals surface area contributed by atoms with Crippen LogP contribution in [0.4, 0.5) is 4.39 Å². The summed E-state index contributed by atoms with van der Waals surface area (Å²) in [6.45, 7) is 1.81. The molecule has 6 heteroatoms. The molecule has 0 fully saturated rings. The maximum absolute atomic E-state index is 13.6. The Labute approximate surface area is 112 Å². The van der Waals surface area contributed by atoms with Gasteiger partial charge in [0, 0.05) is 16.2 Å². The molecule has 0 bridgehead atoms. The summed E-state index contributed by atoms with van der Waals surface area (Å²) in [6.07, 6.45) is 3.30. The number of hydrogen-bond acceptors (Lipinski definition) is 2. The van der Waals surface area contributed by atoms with Crippen LogP contribution in [0.5, 0.6) is 0 Å². The Morgan fingerprint density at radius 2 is 2.33 bits per heavy atom. The number of nitrogens with zero attached hydrogens (tertiary/aromatic N) is 1. The van der Waals surface area contributed by atoms with Crippen LogP contribution in [0, 0.1) is 5.82 Å². The second-order valence-corrected chi connectivity index (χ2v) is 4.77. The molecule has 0 spiro atoms. The fraction of sp³-hybridized carbons (Fsp3) is 0.167. The van der Waals surface area contributed by atoms with E-state index >= 15 is 0 Å². The van der Waals surface area contributed by atoms with Crippen LogP contribution in [-0.2, 0) is 0 Å². The predicted molar refractivity (Wildman–Crippen MR) is 68.6 cm³/mol. The van der Waals surface area contributed by atoms with Gasteiger partial charge in [0.05, 0.1) is 17.8 Å². The molecule has 1 atom stereocenters. The number of amides is 1. The molecule has 1 aromatic heterocycles. The van der Waals surface area contributed by atoms with Crippen LogP contribution in [0.25, 0.3) is 0 Å². The summed E-state index contributed by atoms with van der Waals surface area (Å²) < 4.78 is 14.2. The molecule has 4 nitrogen and oxygen atoms in total. The molecule has 2 aromatic rings. The standard InChI is InChI=1S/C12H11BrFN3O/c1-7(8-5-15-16-6-8)17-12(18)10-3-2-9(13)4-11(10)14/h2-7H,1H3,(H,15,16)(H,17,18). The number of aromatic nitrogens is 2. The number of carbonyl (C=O) groups is 1. The minimum absolute atomic E-state index is 0.0218. The summed E-state index contributed by atoms with van der Waals surface area (Å²) in [5, 5.41) is 9.16. The third-order valence-corrected chi connectivity index (χ3v) is 3.04. The highest BCUT2D eigenvalue weighted by molar-refractivity contribution is 9.10. The number of H-pyrrole nitrogens is 1. The fourth-order valence-corrected chi connectivity index (χ4v) is 1.86. The molecule has 0 saturated heterocycles. The van der Waals surface area contributed by atoms with E-state index in [4.69, 9.17) is 0 Å². The Morgan fingerprint density at radius 3 is 2.94 bits per heavy atom. The van der Waals surface area contributed by atoms with Crippen LogP contribution in [0.2, 0.25) is 0 Å². The summed E-state index contributed by atoms with van der Waals surface area (Å²) in [7, 11) is 0. The van der Waals surface area contributed by atoms with Crippen molar-refractivity contribution in [3.05, 3.63) is 52.0 Å². The summed E-state index contributed by atoms with van der Waals surface area (Å²) in [4.78, 5) is 11.9. The maximum Gasteiger partial charge on any atom is 0.254 e. The third kappa shape index (κ3) is 2.76. The van der Waals surface area contributed by atoms with Gasteiger partial charge in [-0.05, 0) is 25.1 Å². The van der Waals surface area contributed by atoms with Crippen LogP contribution in [0.15, 0.2) is 35.1 Å². The van der Waals surface area contributed by atoms with Gasteiger partial charge in [0.25, 0.3) is 5.91 Å². The lowest BCUT2D eigenvalue weighted by Gasteiger charge is -2.12. The third-order valence-electron chi connectivity index (χ3n) is 2.54. The van der Waals surface area contributed by atoms with E-state index in [0.29, 0.717) is 4.47 Å². The highest BCUT2D eigenvalue weighted by Crippen LogP contribution is 2.16. The van der Waals surface area contributed by atoms with Crippen molar-refractivity contribution < 1.29 is 9.18 Å². The number of rotatable bonds is 3. The zero-order valence-electron chi connectivity index (χ0n) is 9.58. The number of carbonyl (C=O) groups excluding carboxylic acids is 1. The van der Waals surface area contributed by atoms with Gasteiger partial charge in [0.2, 0.25) is 0 Å². The lowest BCUT2D eigenvalue weighted by Crippen LogP contribution is -2.27. The van der Waals surface area contributed by atoms with Crippen LogP contribution in [0.3, 0.4) is 0 Å². The molecule has 0 aliphatic rings. The van der Waals surface area contributed by atoms with Gasteiger partial charge in [0.15, 0.2) is 0 Å². The second kappa shape index (κ2) is 5.30. The van der Waals surface area contributed by atoms with E-state index in [9.17, 15) is 9.18 Å². The van der Waals surface area contributed by atoms with E-state index in [1.807, 2.05) is 0 Å². The first-order valence-electron chi connectivity index (χ1n) is 5.32. The van der Waals surface area contributed by atoms with E-state index in [1.54, 1.807) is 25.4 Å². The molecule has 0 aliphatic heterocycles. The van der Waals surface area contributed by atoms with Crippen molar-refractivity contribution in [2.45, 2.75) is 13.0 Å². The molecule has 1 unspecified atom stereocenters. The minimum Gasteiger partial charge on any atom is -0.345 e. The van der Waals surface area contributed by atoms with Crippen molar-refractivity contribution in [2.75, 3.05) is 0 Å². The highest BCUT2D eigenvalue weighted by Gasteiger charge is 2.15. The molecule has 1 aromatic carbocycles. The largest absolute Gasteiger partial charge is 0.345 e. The molecule has 2 N–H and O–H groups in total. The fourth-order valence-electron chi connectivity index (χ4n) is 1.53. The van der Waals surface area contributed by atoms with Gasteiger partial charge in [-0.15, -0.1) is 0 Å². The zero-order chi connectivity index (χ0) is 13.1. The summed E-state index contributed by atoms with van der Waals surface area (Å²) in [5.74, 6) is -1.00. The van der Waals surface area contributed by atoms with Gasteiger partial charge < -0.3 is 5.32 Å².